The van der Waals surface area contributed by atoms with Gasteiger partial charge in [0.1, 0.15) is 6.61 Å². The molecule has 22 heavy (non-hydrogen) atoms. The minimum Gasteiger partial charge on any atom is -0.375 e. The Kier molecular flexibility index (Phi) is 5.32. The lowest BCUT2D eigenvalue weighted by atomic mass is 10.0. The van der Waals surface area contributed by atoms with Crippen molar-refractivity contribution < 1.29 is 14.5 Å². The van der Waals surface area contributed by atoms with E-state index in [-0.39, 0.29) is 29.2 Å². The van der Waals surface area contributed by atoms with Crippen LogP contribution < -0.4 is 10.2 Å². The van der Waals surface area contributed by atoms with Crippen molar-refractivity contribution in [3.05, 3.63) is 33.9 Å². The second kappa shape index (κ2) is 7.22. The van der Waals surface area contributed by atoms with E-state index in [0.717, 1.165) is 31.6 Å². The van der Waals surface area contributed by atoms with E-state index in [0.29, 0.717) is 5.56 Å². The van der Waals surface area contributed by atoms with Crippen molar-refractivity contribution in [2.24, 2.45) is 0 Å². The molecule has 0 aliphatic carbocycles. The van der Waals surface area contributed by atoms with Gasteiger partial charge in [0.05, 0.1) is 4.92 Å². The van der Waals surface area contributed by atoms with E-state index >= 15 is 0 Å². The standard InChI is InChI=1S/C15H21N3O4/c1-11-9-13(3-4-14(11)18(20)21)17-7-5-12(6-8-17)16-15(19)10-22-2/h3-4,9,12H,5-8,10H2,1-2H3,(H,16,19). The number of anilines is 1. The maximum atomic E-state index is 11.5. The number of nitro groups is 1. The zero-order valence-electron chi connectivity index (χ0n) is 12.9. The van der Waals surface area contributed by atoms with Crippen LogP contribution in [-0.2, 0) is 9.53 Å². The van der Waals surface area contributed by atoms with Crippen LogP contribution in [0.25, 0.3) is 0 Å². The molecule has 0 bridgehead atoms. The van der Waals surface area contributed by atoms with Crippen LogP contribution in [0.5, 0.6) is 0 Å². The molecule has 0 aromatic heterocycles. The first-order valence-electron chi connectivity index (χ1n) is 7.29. The van der Waals surface area contributed by atoms with Gasteiger partial charge >= 0.3 is 0 Å². The van der Waals surface area contributed by atoms with Crippen molar-refractivity contribution in [1.29, 1.82) is 0 Å². The average molecular weight is 307 g/mol. The predicted octanol–water partition coefficient (Wildman–Crippen LogP) is 1.63. The fourth-order valence-electron chi connectivity index (χ4n) is 2.72. The number of aryl methyl sites for hydroxylation is 1. The maximum absolute atomic E-state index is 11.5. The van der Waals surface area contributed by atoms with Gasteiger partial charge in [-0.2, -0.15) is 0 Å². The topological polar surface area (TPSA) is 84.7 Å². The van der Waals surface area contributed by atoms with Crippen LogP contribution in [0, 0.1) is 17.0 Å². The Morgan fingerprint density at radius 3 is 2.68 bits per heavy atom. The zero-order chi connectivity index (χ0) is 16.1. The first-order chi connectivity index (χ1) is 10.5. The number of carbonyl (C=O) groups is 1. The number of piperidine rings is 1. The van der Waals surface area contributed by atoms with E-state index in [2.05, 4.69) is 10.2 Å². The van der Waals surface area contributed by atoms with Gasteiger partial charge in [-0.05, 0) is 31.9 Å². The molecule has 1 heterocycles. The van der Waals surface area contributed by atoms with Gasteiger partial charge in [0, 0.05) is 43.6 Å². The van der Waals surface area contributed by atoms with E-state index in [1.165, 1.54) is 7.11 Å². The smallest absolute Gasteiger partial charge is 0.272 e. The lowest BCUT2D eigenvalue weighted by Crippen LogP contribution is -2.45. The van der Waals surface area contributed by atoms with Crippen LogP contribution in [0.3, 0.4) is 0 Å². The summed E-state index contributed by atoms with van der Waals surface area (Å²) in [6, 6.07) is 5.35. The number of benzene rings is 1. The molecule has 7 nitrogen and oxygen atoms in total. The molecule has 0 unspecified atom stereocenters. The minimum absolute atomic E-state index is 0.0851. The van der Waals surface area contributed by atoms with Crippen LogP contribution in [0.2, 0.25) is 0 Å². The number of methoxy groups -OCH3 is 1. The number of ether oxygens (including phenoxy) is 1. The fraction of sp³-hybridized carbons (Fsp3) is 0.533. The lowest BCUT2D eigenvalue weighted by Gasteiger charge is -2.34. The van der Waals surface area contributed by atoms with Crippen molar-refractivity contribution in [3.8, 4) is 0 Å². The number of hydrogen-bond acceptors (Lipinski definition) is 5. The second-order valence-corrected chi connectivity index (χ2v) is 5.49. The van der Waals surface area contributed by atoms with E-state index in [1.807, 2.05) is 6.07 Å². The van der Waals surface area contributed by atoms with Gasteiger partial charge in [0.15, 0.2) is 0 Å². The summed E-state index contributed by atoms with van der Waals surface area (Å²) in [6.07, 6.45) is 1.71. The number of rotatable bonds is 5. The Hall–Kier alpha value is -2.15. The second-order valence-electron chi connectivity index (χ2n) is 5.49. The molecule has 1 aromatic rings. The maximum Gasteiger partial charge on any atom is 0.272 e. The average Bonchev–Trinajstić information content (AvgIpc) is 2.47. The van der Waals surface area contributed by atoms with E-state index in [1.54, 1.807) is 19.1 Å². The summed E-state index contributed by atoms with van der Waals surface area (Å²) in [5, 5.41) is 13.8. The first kappa shape index (κ1) is 16.2. The molecule has 1 saturated heterocycles. The monoisotopic (exact) mass is 307 g/mol. The zero-order valence-corrected chi connectivity index (χ0v) is 12.9. The fourth-order valence-corrected chi connectivity index (χ4v) is 2.72. The summed E-state index contributed by atoms with van der Waals surface area (Å²) in [7, 11) is 1.50. The van der Waals surface area contributed by atoms with E-state index < -0.39 is 0 Å². The van der Waals surface area contributed by atoms with Crippen LogP contribution in [-0.4, -0.2) is 43.7 Å². The minimum atomic E-state index is -0.364. The van der Waals surface area contributed by atoms with E-state index in [4.69, 9.17) is 4.74 Å². The third-order valence-electron chi connectivity index (χ3n) is 3.88. The number of nitrogens with one attached hydrogen (secondary N) is 1. The number of nitrogens with zero attached hydrogens (tertiary/aromatic N) is 2. The number of hydrogen-bond donors (Lipinski definition) is 1. The van der Waals surface area contributed by atoms with Gasteiger partial charge in [0.25, 0.3) is 5.69 Å². The molecule has 0 spiro atoms. The molecule has 0 saturated carbocycles. The highest BCUT2D eigenvalue weighted by Gasteiger charge is 2.22. The van der Waals surface area contributed by atoms with Gasteiger partial charge in [-0.3, -0.25) is 14.9 Å². The highest BCUT2D eigenvalue weighted by molar-refractivity contribution is 5.77. The normalized spacial score (nSPS) is 15.6. The molecule has 1 aliphatic rings. The highest BCUT2D eigenvalue weighted by Crippen LogP contribution is 2.26. The molecular weight excluding hydrogens is 286 g/mol. The van der Waals surface area contributed by atoms with Crippen molar-refractivity contribution >= 4 is 17.3 Å². The SMILES string of the molecule is COCC(=O)NC1CCN(c2ccc([N+](=O)[O-])c(C)c2)CC1. The first-order valence-corrected chi connectivity index (χ1v) is 7.29. The number of carbonyl (C=O) groups excluding carboxylic acids is 1. The van der Waals surface area contributed by atoms with Gasteiger partial charge < -0.3 is 15.0 Å². The van der Waals surface area contributed by atoms with E-state index in [9.17, 15) is 14.9 Å². The molecule has 0 radical (unpaired) electrons. The molecule has 1 aliphatic heterocycles. The van der Waals surface area contributed by atoms with Gasteiger partial charge in [-0.1, -0.05) is 0 Å². The molecule has 1 aromatic carbocycles. The summed E-state index contributed by atoms with van der Waals surface area (Å²) in [5.74, 6) is -0.0906. The highest BCUT2D eigenvalue weighted by atomic mass is 16.6. The van der Waals surface area contributed by atoms with Crippen LogP contribution in [0.4, 0.5) is 11.4 Å². The van der Waals surface area contributed by atoms with Gasteiger partial charge in [-0.25, -0.2) is 0 Å². The Morgan fingerprint density at radius 1 is 1.45 bits per heavy atom. The van der Waals surface area contributed by atoms with Crippen molar-refractivity contribution in [2.75, 3.05) is 31.7 Å². The Morgan fingerprint density at radius 2 is 2.14 bits per heavy atom. The Bertz CT molecular complexity index is 554. The largest absolute Gasteiger partial charge is 0.375 e. The summed E-state index contributed by atoms with van der Waals surface area (Å²) in [5.41, 5.74) is 1.80. The van der Waals surface area contributed by atoms with Crippen molar-refractivity contribution in [1.82, 2.24) is 5.32 Å². The third-order valence-corrected chi connectivity index (χ3v) is 3.88. The Balaban J connectivity index is 1.93. The molecule has 120 valence electrons. The molecule has 7 heteroatoms. The molecule has 1 N–H and O–H groups in total. The molecule has 1 amide bonds. The molecule has 0 atom stereocenters. The number of nitro benzene ring substituents is 1. The number of amides is 1. The summed E-state index contributed by atoms with van der Waals surface area (Å²) in [4.78, 5) is 24.2. The molecule has 2 rings (SSSR count). The Labute approximate surface area is 129 Å². The van der Waals surface area contributed by atoms with Crippen molar-refractivity contribution in [3.63, 3.8) is 0 Å². The van der Waals surface area contributed by atoms with Crippen molar-refractivity contribution in [2.45, 2.75) is 25.8 Å². The van der Waals surface area contributed by atoms with Gasteiger partial charge in [-0.15, -0.1) is 0 Å². The summed E-state index contributed by atoms with van der Waals surface area (Å²) < 4.78 is 4.80. The summed E-state index contributed by atoms with van der Waals surface area (Å²) in [6.45, 7) is 3.46. The quantitative estimate of drug-likeness (QED) is 0.660. The third kappa shape index (κ3) is 3.94. The van der Waals surface area contributed by atoms with Crippen LogP contribution in [0.1, 0.15) is 18.4 Å². The van der Waals surface area contributed by atoms with Crippen LogP contribution >= 0.6 is 0 Å². The van der Waals surface area contributed by atoms with Crippen LogP contribution in [0.15, 0.2) is 18.2 Å². The van der Waals surface area contributed by atoms with Gasteiger partial charge in [0.2, 0.25) is 5.91 Å². The molecule has 1 fully saturated rings. The summed E-state index contributed by atoms with van der Waals surface area (Å²) >= 11 is 0. The lowest BCUT2D eigenvalue weighted by molar-refractivity contribution is -0.385. The predicted molar refractivity (Wildman–Crippen MR) is 83.1 cm³/mol. The molecular formula is C15H21N3O4.